The van der Waals surface area contributed by atoms with Gasteiger partial charge in [-0.2, -0.15) is 0 Å². The number of anilines is 2. The molecule has 2 aromatic carbocycles. The monoisotopic (exact) mass is 303 g/mol. The topological polar surface area (TPSA) is 37.8 Å². The van der Waals surface area contributed by atoms with Crippen LogP contribution >= 0.6 is 23.2 Å². The highest BCUT2D eigenvalue weighted by Gasteiger charge is 2.07. The van der Waals surface area contributed by atoms with Gasteiger partial charge in [0.15, 0.2) is 0 Å². The molecule has 100 valence electrons. The van der Waals surface area contributed by atoms with Gasteiger partial charge in [0.2, 0.25) is 5.95 Å². The molecule has 0 atom stereocenters. The first-order valence-electron chi connectivity index (χ1n) is 6.09. The number of fused-ring (bicyclic) bond motifs is 1. The van der Waals surface area contributed by atoms with Gasteiger partial charge in [-0.1, -0.05) is 41.4 Å². The van der Waals surface area contributed by atoms with Gasteiger partial charge in [0, 0.05) is 16.1 Å². The van der Waals surface area contributed by atoms with E-state index in [1.807, 2.05) is 49.4 Å². The molecule has 0 unspecified atom stereocenters. The lowest BCUT2D eigenvalue weighted by Crippen LogP contribution is -1.99. The van der Waals surface area contributed by atoms with E-state index in [-0.39, 0.29) is 0 Å². The first kappa shape index (κ1) is 13.2. The number of hydrogen-bond acceptors (Lipinski definition) is 3. The molecule has 20 heavy (non-hydrogen) atoms. The van der Waals surface area contributed by atoms with Gasteiger partial charge in [-0.15, -0.1) is 0 Å². The molecular weight excluding hydrogens is 293 g/mol. The van der Waals surface area contributed by atoms with Crippen molar-refractivity contribution < 1.29 is 0 Å². The molecular formula is C15H11Cl2N3. The second-order valence-corrected chi connectivity index (χ2v) is 5.23. The SMILES string of the molecule is Cc1ccc(Cl)cc1Nc1nc(Cl)c2ccccc2n1. The van der Waals surface area contributed by atoms with E-state index in [4.69, 9.17) is 23.2 Å². The van der Waals surface area contributed by atoms with Crippen molar-refractivity contribution in [3.63, 3.8) is 0 Å². The Kier molecular flexibility index (Phi) is 3.47. The summed E-state index contributed by atoms with van der Waals surface area (Å²) in [6.45, 7) is 1.99. The lowest BCUT2D eigenvalue weighted by molar-refractivity contribution is 1.21. The summed E-state index contributed by atoms with van der Waals surface area (Å²) in [5.74, 6) is 0.457. The average molecular weight is 304 g/mol. The molecule has 0 aliphatic carbocycles. The normalized spacial score (nSPS) is 10.8. The number of aryl methyl sites for hydroxylation is 1. The zero-order valence-corrected chi connectivity index (χ0v) is 12.2. The van der Waals surface area contributed by atoms with Crippen molar-refractivity contribution in [2.45, 2.75) is 6.92 Å². The van der Waals surface area contributed by atoms with E-state index in [1.54, 1.807) is 0 Å². The van der Waals surface area contributed by atoms with Crippen LogP contribution in [0.3, 0.4) is 0 Å². The first-order chi connectivity index (χ1) is 9.63. The predicted octanol–water partition coefficient (Wildman–Crippen LogP) is 4.99. The minimum absolute atomic E-state index is 0.429. The van der Waals surface area contributed by atoms with Crippen LogP contribution in [-0.2, 0) is 0 Å². The van der Waals surface area contributed by atoms with Crippen LogP contribution in [0, 0.1) is 6.92 Å². The Morgan fingerprint density at radius 2 is 1.80 bits per heavy atom. The van der Waals surface area contributed by atoms with Crippen molar-refractivity contribution in [1.29, 1.82) is 0 Å². The summed E-state index contributed by atoms with van der Waals surface area (Å²) in [6.07, 6.45) is 0. The van der Waals surface area contributed by atoms with E-state index in [9.17, 15) is 0 Å². The molecule has 0 fully saturated rings. The number of nitrogens with one attached hydrogen (secondary N) is 1. The second kappa shape index (κ2) is 5.27. The van der Waals surface area contributed by atoms with E-state index < -0.39 is 0 Å². The Balaban J connectivity index is 2.05. The Hall–Kier alpha value is -1.84. The number of aromatic nitrogens is 2. The molecule has 0 aliphatic heterocycles. The van der Waals surface area contributed by atoms with Crippen molar-refractivity contribution in [3.8, 4) is 0 Å². The molecule has 3 aromatic rings. The molecule has 1 heterocycles. The number of halogens is 2. The highest BCUT2D eigenvalue weighted by Crippen LogP contribution is 2.26. The third-order valence-corrected chi connectivity index (χ3v) is 3.53. The van der Waals surface area contributed by atoms with Crippen molar-refractivity contribution in [3.05, 3.63) is 58.2 Å². The van der Waals surface area contributed by atoms with Gasteiger partial charge in [0.1, 0.15) is 5.15 Å². The Bertz CT molecular complexity index is 787. The van der Waals surface area contributed by atoms with Gasteiger partial charge >= 0.3 is 0 Å². The Labute approximate surface area is 126 Å². The number of nitrogens with zero attached hydrogens (tertiary/aromatic N) is 2. The van der Waals surface area contributed by atoms with Crippen molar-refractivity contribution >= 4 is 45.7 Å². The van der Waals surface area contributed by atoms with Gasteiger partial charge in [0.05, 0.1) is 5.52 Å². The van der Waals surface area contributed by atoms with Crippen LogP contribution in [0.25, 0.3) is 10.9 Å². The molecule has 3 nitrogen and oxygen atoms in total. The maximum Gasteiger partial charge on any atom is 0.229 e. The van der Waals surface area contributed by atoms with Gasteiger partial charge in [-0.3, -0.25) is 0 Å². The lowest BCUT2D eigenvalue weighted by atomic mass is 10.2. The number of benzene rings is 2. The maximum atomic E-state index is 6.18. The standard InChI is InChI=1S/C15H11Cl2N3/c1-9-6-7-10(16)8-13(9)19-15-18-12-5-3-2-4-11(12)14(17)20-15/h2-8H,1H3,(H,18,19,20). The van der Waals surface area contributed by atoms with Crippen molar-refractivity contribution in [1.82, 2.24) is 9.97 Å². The van der Waals surface area contributed by atoms with E-state index in [2.05, 4.69) is 15.3 Å². The summed E-state index contributed by atoms with van der Waals surface area (Å²) in [7, 11) is 0. The maximum absolute atomic E-state index is 6.18. The Morgan fingerprint density at radius 3 is 2.65 bits per heavy atom. The van der Waals surface area contributed by atoms with E-state index in [1.165, 1.54) is 0 Å². The first-order valence-corrected chi connectivity index (χ1v) is 6.84. The second-order valence-electron chi connectivity index (χ2n) is 4.44. The molecule has 0 spiro atoms. The summed E-state index contributed by atoms with van der Waals surface area (Å²) in [5.41, 5.74) is 2.72. The molecule has 0 saturated heterocycles. The van der Waals surface area contributed by atoms with E-state index >= 15 is 0 Å². The van der Waals surface area contributed by atoms with Crippen LogP contribution in [0.4, 0.5) is 11.6 Å². The fourth-order valence-corrected chi connectivity index (χ4v) is 2.36. The third kappa shape index (κ3) is 2.55. The average Bonchev–Trinajstić information content (AvgIpc) is 2.43. The van der Waals surface area contributed by atoms with Crippen LogP contribution in [0.1, 0.15) is 5.56 Å². The molecule has 0 radical (unpaired) electrons. The molecule has 1 N–H and O–H groups in total. The highest BCUT2D eigenvalue weighted by atomic mass is 35.5. The van der Waals surface area contributed by atoms with Crippen LogP contribution < -0.4 is 5.32 Å². The van der Waals surface area contributed by atoms with Crippen LogP contribution in [0.2, 0.25) is 10.2 Å². The minimum atomic E-state index is 0.429. The molecule has 3 rings (SSSR count). The van der Waals surface area contributed by atoms with Crippen LogP contribution in [0.15, 0.2) is 42.5 Å². The molecule has 0 aliphatic rings. The fraction of sp³-hybridized carbons (Fsp3) is 0.0667. The fourth-order valence-electron chi connectivity index (χ4n) is 1.94. The number of hydrogen-bond donors (Lipinski definition) is 1. The molecule has 5 heteroatoms. The summed E-state index contributed by atoms with van der Waals surface area (Å²) in [4.78, 5) is 8.72. The summed E-state index contributed by atoms with van der Waals surface area (Å²) in [5, 5.41) is 5.08. The highest BCUT2D eigenvalue weighted by molar-refractivity contribution is 6.34. The quantitative estimate of drug-likeness (QED) is 0.678. The third-order valence-electron chi connectivity index (χ3n) is 3.00. The summed E-state index contributed by atoms with van der Waals surface area (Å²) < 4.78 is 0. The zero-order chi connectivity index (χ0) is 14.1. The van der Waals surface area contributed by atoms with Crippen LogP contribution in [0.5, 0.6) is 0 Å². The molecule has 1 aromatic heterocycles. The molecule has 0 amide bonds. The Morgan fingerprint density at radius 1 is 1.00 bits per heavy atom. The predicted molar refractivity (Wildman–Crippen MR) is 84.0 cm³/mol. The van der Waals surface area contributed by atoms with Gasteiger partial charge < -0.3 is 5.32 Å². The molecule has 0 bridgehead atoms. The van der Waals surface area contributed by atoms with Gasteiger partial charge in [-0.25, -0.2) is 9.97 Å². The number of para-hydroxylation sites is 1. The largest absolute Gasteiger partial charge is 0.324 e. The van der Waals surface area contributed by atoms with E-state index in [0.717, 1.165) is 22.2 Å². The smallest absolute Gasteiger partial charge is 0.229 e. The molecule has 0 saturated carbocycles. The van der Waals surface area contributed by atoms with Crippen LogP contribution in [-0.4, -0.2) is 9.97 Å². The van der Waals surface area contributed by atoms with Gasteiger partial charge in [-0.05, 0) is 36.8 Å². The minimum Gasteiger partial charge on any atom is -0.324 e. The van der Waals surface area contributed by atoms with Gasteiger partial charge in [0.25, 0.3) is 0 Å². The van der Waals surface area contributed by atoms with E-state index in [0.29, 0.717) is 16.1 Å². The zero-order valence-electron chi connectivity index (χ0n) is 10.7. The lowest BCUT2D eigenvalue weighted by Gasteiger charge is -2.09. The summed E-state index contributed by atoms with van der Waals surface area (Å²) in [6, 6.07) is 13.2. The summed E-state index contributed by atoms with van der Waals surface area (Å²) >= 11 is 12.2. The van der Waals surface area contributed by atoms with Crippen molar-refractivity contribution in [2.75, 3.05) is 5.32 Å². The van der Waals surface area contributed by atoms with Crippen molar-refractivity contribution in [2.24, 2.45) is 0 Å². The number of rotatable bonds is 2.